The van der Waals surface area contributed by atoms with Gasteiger partial charge in [-0.15, -0.1) is 0 Å². The third-order valence-corrected chi connectivity index (χ3v) is 3.97. The van der Waals surface area contributed by atoms with Crippen molar-refractivity contribution in [3.63, 3.8) is 0 Å². The van der Waals surface area contributed by atoms with Crippen LogP contribution < -0.4 is 0 Å². The van der Waals surface area contributed by atoms with Crippen molar-refractivity contribution in [1.82, 2.24) is 4.90 Å². The molecule has 0 spiro atoms. The Morgan fingerprint density at radius 3 is 2.62 bits per heavy atom. The Kier molecular flexibility index (Phi) is 5.14. The molecule has 0 saturated heterocycles. The van der Waals surface area contributed by atoms with E-state index in [1.165, 1.54) is 4.90 Å². The first-order valence-corrected chi connectivity index (χ1v) is 7.27. The van der Waals surface area contributed by atoms with E-state index in [2.05, 4.69) is 12.2 Å². The van der Waals surface area contributed by atoms with Crippen molar-refractivity contribution in [2.45, 2.75) is 31.7 Å². The minimum absolute atomic E-state index is 0.102. The Balaban J connectivity index is 2.01. The smallest absolute Gasteiger partial charge is 0.326 e. The zero-order chi connectivity index (χ0) is 15.2. The first-order chi connectivity index (χ1) is 10.1. The molecule has 2 rings (SSSR count). The molecule has 0 fully saturated rings. The molecule has 1 aromatic rings. The summed E-state index contributed by atoms with van der Waals surface area (Å²) in [5.41, 5.74) is 0.922. The lowest BCUT2D eigenvalue weighted by Gasteiger charge is -2.26. The Morgan fingerprint density at radius 2 is 2.05 bits per heavy atom. The number of carbonyl (C=O) groups is 2. The van der Waals surface area contributed by atoms with Crippen LogP contribution in [0.5, 0.6) is 0 Å². The number of hydrogen-bond donors (Lipinski definition) is 1. The quantitative estimate of drug-likeness (QED) is 0.818. The predicted molar refractivity (Wildman–Crippen MR) is 80.8 cm³/mol. The Morgan fingerprint density at radius 1 is 1.33 bits per heavy atom. The fourth-order valence-electron chi connectivity index (χ4n) is 2.63. The average molecular weight is 287 g/mol. The van der Waals surface area contributed by atoms with E-state index >= 15 is 0 Å². The molecule has 1 aliphatic carbocycles. The van der Waals surface area contributed by atoms with Crippen molar-refractivity contribution in [2.24, 2.45) is 5.92 Å². The van der Waals surface area contributed by atoms with Gasteiger partial charge >= 0.3 is 5.97 Å². The lowest BCUT2D eigenvalue weighted by molar-refractivity contribution is -0.149. The summed E-state index contributed by atoms with van der Waals surface area (Å²) in [6.45, 7) is 0. The summed E-state index contributed by atoms with van der Waals surface area (Å²) in [5, 5.41) is 9.41. The molecule has 2 unspecified atom stereocenters. The number of carboxylic acid groups (broad SMARTS) is 1. The third kappa shape index (κ3) is 4.18. The highest BCUT2D eigenvalue weighted by molar-refractivity contribution is 5.84. The lowest BCUT2D eigenvalue weighted by Crippen LogP contribution is -2.44. The average Bonchev–Trinajstić information content (AvgIpc) is 2.97. The highest BCUT2D eigenvalue weighted by Crippen LogP contribution is 2.22. The second-order valence-electron chi connectivity index (χ2n) is 5.52. The Bertz CT molecular complexity index is 524. The van der Waals surface area contributed by atoms with E-state index in [1.807, 2.05) is 30.3 Å². The molecule has 1 amide bonds. The monoisotopic (exact) mass is 287 g/mol. The molecule has 0 aliphatic heterocycles. The molecule has 21 heavy (non-hydrogen) atoms. The van der Waals surface area contributed by atoms with Gasteiger partial charge in [0, 0.05) is 19.9 Å². The van der Waals surface area contributed by atoms with Gasteiger partial charge in [-0.05, 0) is 24.3 Å². The number of rotatable bonds is 6. The minimum atomic E-state index is -0.961. The number of amides is 1. The highest BCUT2D eigenvalue weighted by atomic mass is 16.4. The lowest BCUT2D eigenvalue weighted by atomic mass is 10.0. The molecule has 0 heterocycles. The predicted octanol–water partition coefficient (Wildman–Crippen LogP) is 2.50. The standard InChI is InChI=1S/C17H21NO3/c1-18(16(19)12-14-9-5-6-10-14)15(17(20)21)11-13-7-3-2-4-8-13/h2-5,7-9,14-15H,6,10-12H2,1H3,(H,20,21). The fraction of sp³-hybridized carbons (Fsp3) is 0.412. The molecule has 0 saturated carbocycles. The van der Waals surface area contributed by atoms with Crippen molar-refractivity contribution in [2.75, 3.05) is 7.05 Å². The Hall–Kier alpha value is -2.10. The number of nitrogens with zero attached hydrogens (tertiary/aromatic N) is 1. The minimum Gasteiger partial charge on any atom is -0.480 e. The van der Waals surface area contributed by atoms with Crippen molar-refractivity contribution in [3.8, 4) is 0 Å². The van der Waals surface area contributed by atoms with Crippen LogP contribution >= 0.6 is 0 Å². The maximum atomic E-state index is 12.3. The van der Waals surface area contributed by atoms with Gasteiger partial charge in [-0.3, -0.25) is 4.79 Å². The van der Waals surface area contributed by atoms with Gasteiger partial charge in [0.2, 0.25) is 5.91 Å². The Labute approximate surface area is 125 Å². The zero-order valence-corrected chi connectivity index (χ0v) is 12.2. The van der Waals surface area contributed by atoms with E-state index in [4.69, 9.17) is 0 Å². The van der Waals surface area contributed by atoms with E-state index < -0.39 is 12.0 Å². The van der Waals surface area contributed by atoms with Crippen LogP contribution in [0.2, 0.25) is 0 Å². The molecule has 0 bridgehead atoms. The molecule has 1 aliphatic rings. The molecule has 1 N–H and O–H groups in total. The van der Waals surface area contributed by atoms with Crippen molar-refractivity contribution in [3.05, 3.63) is 48.0 Å². The van der Waals surface area contributed by atoms with E-state index in [9.17, 15) is 14.7 Å². The number of likely N-dealkylation sites (N-methyl/N-ethyl adjacent to an activating group) is 1. The van der Waals surface area contributed by atoms with Gasteiger partial charge in [0.1, 0.15) is 6.04 Å². The summed E-state index contributed by atoms with van der Waals surface area (Å²) in [5.74, 6) is -0.808. The van der Waals surface area contributed by atoms with Gasteiger partial charge in [0.25, 0.3) is 0 Å². The van der Waals surface area contributed by atoms with Crippen LogP contribution in [0, 0.1) is 5.92 Å². The van der Waals surface area contributed by atoms with Crippen LogP contribution in [0.15, 0.2) is 42.5 Å². The van der Waals surface area contributed by atoms with E-state index in [1.54, 1.807) is 7.05 Å². The van der Waals surface area contributed by atoms with Crippen LogP contribution in [0.1, 0.15) is 24.8 Å². The van der Waals surface area contributed by atoms with Gasteiger partial charge in [0.15, 0.2) is 0 Å². The van der Waals surface area contributed by atoms with Gasteiger partial charge in [-0.25, -0.2) is 4.79 Å². The summed E-state index contributed by atoms with van der Waals surface area (Å²) >= 11 is 0. The number of aliphatic carboxylic acids is 1. The molecular formula is C17H21NO3. The summed E-state index contributed by atoms with van der Waals surface area (Å²) in [4.78, 5) is 25.1. The topological polar surface area (TPSA) is 57.6 Å². The largest absolute Gasteiger partial charge is 0.480 e. The number of allylic oxidation sites excluding steroid dienone is 2. The van der Waals surface area contributed by atoms with Crippen LogP contribution in [-0.4, -0.2) is 35.0 Å². The van der Waals surface area contributed by atoms with E-state index in [-0.39, 0.29) is 11.8 Å². The number of benzene rings is 1. The fourth-order valence-corrected chi connectivity index (χ4v) is 2.63. The van der Waals surface area contributed by atoms with Crippen LogP contribution in [-0.2, 0) is 16.0 Å². The summed E-state index contributed by atoms with van der Waals surface area (Å²) in [7, 11) is 1.59. The summed E-state index contributed by atoms with van der Waals surface area (Å²) in [6, 6.07) is 8.59. The first-order valence-electron chi connectivity index (χ1n) is 7.27. The second kappa shape index (κ2) is 7.07. The SMILES string of the molecule is CN(C(=O)CC1C=CCC1)C(Cc1ccccc1)C(=O)O. The van der Waals surface area contributed by atoms with Crippen molar-refractivity contribution >= 4 is 11.9 Å². The van der Waals surface area contributed by atoms with Crippen molar-refractivity contribution in [1.29, 1.82) is 0 Å². The molecular weight excluding hydrogens is 266 g/mol. The first kappa shape index (κ1) is 15.3. The molecule has 4 nitrogen and oxygen atoms in total. The van der Waals surface area contributed by atoms with E-state index in [0.717, 1.165) is 18.4 Å². The molecule has 0 radical (unpaired) electrons. The number of carboxylic acids is 1. The number of carbonyl (C=O) groups excluding carboxylic acids is 1. The molecule has 4 heteroatoms. The molecule has 0 aromatic heterocycles. The summed E-state index contributed by atoms with van der Waals surface area (Å²) < 4.78 is 0. The maximum absolute atomic E-state index is 12.3. The normalized spacial score (nSPS) is 18.4. The van der Waals surface area contributed by atoms with Gasteiger partial charge in [-0.1, -0.05) is 42.5 Å². The highest BCUT2D eigenvalue weighted by Gasteiger charge is 2.28. The summed E-state index contributed by atoms with van der Waals surface area (Å²) in [6.07, 6.45) is 6.85. The van der Waals surface area contributed by atoms with E-state index in [0.29, 0.717) is 12.8 Å². The van der Waals surface area contributed by atoms with Crippen LogP contribution in [0.25, 0.3) is 0 Å². The number of hydrogen-bond acceptors (Lipinski definition) is 2. The van der Waals surface area contributed by atoms with Crippen LogP contribution in [0.3, 0.4) is 0 Å². The zero-order valence-electron chi connectivity index (χ0n) is 12.2. The molecule has 2 atom stereocenters. The molecule has 1 aromatic carbocycles. The molecule has 112 valence electrons. The third-order valence-electron chi connectivity index (χ3n) is 3.97. The second-order valence-corrected chi connectivity index (χ2v) is 5.52. The van der Waals surface area contributed by atoms with Gasteiger partial charge in [-0.2, -0.15) is 0 Å². The van der Waals surface area contributed by atoms with Gasteiger partial charge < -0.3 is 10.0 Å². The van der Waals surface area contributed by atoms with Crippen molar-refractivity contribution < 1.29 is 14.7 Å². The maximum Gasteiger partial charge on any atom is 0.326 e. The van der Waals surface area contributed by atoms with Gasteiger partial charge in [0.05, 0.1) is 0 Å². The van der Waals surface area contributed by atoms with Crippen LogP contribution in [0.4, 0.5) is 0 Å².